The second-order valence-electron chi connectivity index (χ2n) is 6.47. The molecule has 1 saturated carbocycles. The lowest BCUT2D eigenvalue weighted by molar-refractivity contribution is -0.150. The van der Waals surface area contributed by atoms with Crippen LogP contribution in [0.4, 0.5) is 4.79 Å². The van der Waals surface area contributed by atoms with Gasteiger partial charge in [-0.3, -0.25) is 4.79 Å². The van der Waals surface area contributed by atoms with Crippen molar-refractivity contribution < 1.29 is 14.7 Å². The van der Waals surface area contributed by atoms with Crippen LogP contribution in [0, 0.1) is 5.41 Å². The van der Waals surface area contributed by atoms with Gasteiger partial charge in [-0.05, 0) is 12.8 Å². The number of carboxylic acid groups (broad SMARTS) is 1. The van der Waals surface area contributed by atoms with Crippen LogP contribution in [0.2, 0.25) is 0 Å². The van der Waals surface area contributed by atoms with Crippen LogP contribution < -0.4 is 5.32 Å². The fourth-order valence-corrected chi connectivity index (χ4v) is 4.72. The summed E-state index contributed by atoms with van der Waals surface area (Å²) in [6, 6.07) is -0.111. The van der Waals surface area contributed by atoms with Gasteiger partial charge in [-0.2, -0.15) is 11.8 Å². The standard InChI is InChI=1S/C15H26N2O3S/c1-11-8-17(9-12(2)21-11)14(20)16-10-15(13(18)19)6-4-3-5-7-15/h11-12H,3-10H2,1-2H3,(H,16,20)(H,18,19). The molecular formula is C15H26N2O3S. The Hall–Kier alpha value is -0.910. The molecule has 2 amide bonds. The largest absolute Gasteiger partial charge is 0.481 e. The molecule has 1 heterocycles. The van der Waals surface area contributed by atoms with Gasteiger partial charge in [-0.15, -0.1) is 0 Å². The Bertz CT molecular complexity index is 386. The molecule has 6 heteroatoms. The number of nitrogens with one attached hydrogen (secondary N) is 1. The van der Waals surface area contributed by atoms with Crippen molar-refractivity contribution in [3.8, 4) is 0 Å². The Morgan fingerprint density at radius 3 is 2.29 bits per heavy atom. The topological polar surface area (TPSA) is 69.6 Å². The van der Waals surface area contributed by atoms with Gasteiger partial charge in [0.2, 0.25) is 0 Å². The van der Waals surface area contributed by atoms with E-state index in [1.807, 2.05) is 16.7 Å². The van der Waals surface area contributed by atoms with Crippen LogP contribution in [0.5, 0.6) is 0 Å². The second-order valence-corrected chi connectivity index (χ2v) is 8.35. The van der Waals surface area contributed by atoms with Crippen molar-refractivity contribution in [3.05, 3.63) is 0 Å². The SMILES string of the molecule is CC1CN(C(=O)NCC2(C(=O)O)CCCCC2)CC(C)S1. The summed E-state index contributed by atoms with van der Waals surface area (Å²) >= 11 is 1.90. The van der Waals surface area contributed by atoms with Crippen LogP contribution in [-0.2, 0) is 4.79 Å². The molecule has 21 heavy (non-hydrogen) atoms. The maximum Gasteiger partial charge on any atom is 0.317 e. The van der Waals surface area contributed by atoms with Gasteiger partial charge in [0, 0.05) is 30.1 Å². The van der Waals surface area contributed by atoms with Crippen molar-refractivity contribution in [2.75, 3.05) is 19.6 Å². The molecule has 1 saturated heterocycles. The lowest BCUT2D eigenvalue weighted by atomic mass is 9.74. The summed E-state index contributed by atoms with van der Waals surface area (Å²) in [5.41, 5.74) is -0.754. The van der Waals surface area contributed by atoms with Crippen molar-refractivity contribution in [1.82, 2.24) is 10.2 Å². The lowest BCUT2D eigenvalue weighted by Gasteiger charge is -2.37. The average Bonchev–Trinajstić information content (AvgIpc) is 2.44. The van der Waals surface area contributed by atoms with Gasteiger partial charge in [0.15, 0.2) is 0 Å². The minimum absolute atomic E-state index is 0.111. The van der Waals surface area contributed by atoms with Crippen LogP contribution in [0.3, 0.4) is 0 Å². The van der Waals surface area contributed by atoms with Crippen molar-refractivity contribution >= 4 is 23.8 Å². The molecule has 1 aliphatic carbocycles. The van der Waals surface area contributed by atoms with E-state index in [9.17, 15) is 14.7 Å². The normalized spacial score (nSPS) is 29.0. The van der Waals surface area contributed by atoms with Crippen LogP contribution in [0.1, 0.15) is 46.0 Å². The maximum absolute atomic E-state index is 12.3. The smallest absolute Gasteiger partial charge is 0.317 e. The fourth-order valence-electron chi connectivity index (χ4n) is 3.40. The van der Waals surface area contributed by atoms with Crippen LogP contribution >= 0.6 is 11.8 Å². The molecule has 120 valence electrons. The van der Waals surface area contributed by atoms with E-state index in [4.69, 9.17) is 0 Å². The van der Waals surface area contributed by atoms with Crippen LogP contribution in [-0.4, -0.2) is 52.1 Å². The molecule has 2 rings (SSSR count). The monoisotopic (exact) mass is 314 g/mol. The molecule has 0 aromatic rings. The molecule has 2 unspecified atom stereocenters. The first kappa shape index (κ1) is 16.5. The van der Waals surface area contributed by atoms with Crippen molar-refractivity contribution in [3.63, 3.8) is 0 Å². The van der Waals surface area contributed by atoms with Crippen molar-refractivity contribution in [2.24, 2.45) is 5.41 Å². The van der Waals surface area contributed by atoms with E-state index in [1.165, 1.54) is 0 Å². The van der Waals surface area contributed by atoms with Crippen LogP contribution in [0.15, 0.2) is 0 Å². The number of carboxylic acids is 1. The number of nitrogens with zero attached hydrogens (tertiary/aromatic N) is 1. The summed E-state index contributed by atoms with van der Waals surface area (Å²) in [6.45, 7) is 5.98. The van der Waals surface area contributed by atoms with Gasteiger partial charge in [-0.1, -0.05) is 33.1 Å². The van der Waals surface area contributed by atoms with Gasteiger partial charge >= 0.3 is 12.0 Å². The van der Waals surface area contributed by atoms with Gasteiger partial charge in [0.1, 0.15) is 0 Å². The van der Waals surface area contributed by atoms with E-state index in [2.05, 4.69) is 19.2 Å². The summed E-state index contributed by atoms with van der Waals surface area (Å²) in [6.07, 6.45) is 4.32. The summed E-state index contributed by atoms with van der Waals surface area (Å²) in [5, 5.41) is 13.3. The molecule has 2 aliphatic rings. The first-order valence-corrected chi connectivity index (χ1v) is 8.79. The molecule has 2 fully saturated rings. The third kappa shape index (κ3) is 4.05. The quantitative estimate of drug-likeness (QED) is 0.840. The highest BCUT2D eigenvalue weighted by atomic mass is 32.2. The van der Waals surface area contributed by atoms with Crippen LogP contribution in [0.25, 0.3) is 0 Å². The highest BCUT2D eigenvalue weighted by molar-refractivity contribution is 8.00. The Kier molecular flexibility index (Phi) is 5.41. The maximum atomic E-state index is 12.3. The molecule has 2 atom stereocenters. The number of rotatable bonds is 3. The number of hydrogen-bond donors (Lipinski definition) is 2. The second kappa shape index (κ2) is 6.90. The number of amides is 2. The molecule has 0 aromatic heterocycles. The number of aliphatic carboxylic acids is 1. The first-order chi connectivity index (χ1) is 9.93. The minimum atomic E-state index is -0.765. The number of urea groups is 1. The van der Waals surface area contributed by atoms with E-state index < -0.39 is 11.4 Å². The number of hydrogen-bond acceptors (Lipinski definition) is 3. The van der Waals surface area contributed by atoms with Gasteiger partial charge in [-0.25, -0.2) is 4.79 Å². The van der Waals surface area contributed by atoms with Crippen molar-refractivity contribution in [2.45, 2.75) is 56.5 Å². The molecule has 5 nitrogen and oxygen atoms in total. The summed E-state index contributed by atoms with van der Waals surface area (Å²) < 4.78 is 0. The number of carbonyl (C=O) groups is 2. The molecule has 0 radical (unpaired) electrons. The summed E-state index contributed by atoms with van der Waals surface area (Å²) in [5.74, 6) is -0.765. The molecule has 0 aromatic carbocycles. The van der Waals surface area contributed by atoms with E-state index in [0.29, 0.717) is 23.3 Å². The van der Waals surface area contributed by atoms with Gasteiger partial charge in [0.25, 0.3) is 0 Å². The Morgan fingerprint density at radius 1 is 1.19 bits per heavy atom. The fraction of sp³-hybridized carbons (Fsp3) is 0.867. The Balaban J connectivity index is 1.91. The zero-order valence-corrected chi connectivity index (χ0v) is 13.7. The number of thioether (sulfide) groups is 1. The van der Waals surface area contributed by atoms with E-state index in [-0.39, 0.29) is 12.6 Å². The zero-order chi connectivity index (χ0) is 15.5. The van der Waals surface area contributed by atoms with E-state index in [1.54, 1.807) is 0 Å². The molecule has 0 bridgehead atoms. The van der Waals surface area contributed by atoms with Crippen molar-refractivity contribution in [1.29, 1.82) is 0 Å². The molecule has 0 spiro atoms. The molecule has 2 N–H and O–H groups in total. The van der Waals surface area contributed by atoms with E-state index in [0.717, 1.165) is 32.4 Å². The number of carbonyl (C=O) groups excluding carboxylic acids is 1. The zero-order valence-electron chi connectivity index (χ0n) is 12.9. The summed E-state index contributed by atoms with van der Waals surface area (Å²) in [7, 11) is 0. The highest BCUT2D eigenvalue weighted by Crippen LogP contribution is 2.36. The first-order valence-electron chi connectivity index (χ1n) is 7.84. The Labute approximate surface area is 130 Å². The predicted octanol–water partition coefficient (Wildman–Crippen LogP) is 2.56. The molecule has 1 aliphatic heterocycles. The third-order valence-electron chi connectivity index (χ3n) is 4.55. The highest BCUT2D eigenvalue weighted by Gasteiger charge is 2.40. The predicted molar refractivity (Wildman–Crippen MR) is 84.6 cm³/mol. The average molecular weight is 314 g/mol. The van der Waals surface area contributed by atoms with E-state index >= 15 is 0 Å². The Morgan fingerprint density at radius 2 is 1.76 bits per heavy atom. The molecular weight excluding hydrogens is 288 g/mol. The van der Waals surface area contributed by atoms with Gasteiger partial charge < -0.3 is 15.3 Å². The summed E-state index contributed by atoms with van der Waals surface area (Å²) in [4.78, 5) is 25.7. The lowest BCUT2D eigenvalue weighted by Crippen LogP contribution is -2.52. The minimum Gasteiger partial charge on any atom is -0.481 e. The third-order valence-corrected chi connectivity index (χ3v) is 5.78. The van der Waals surface area contributed by atoms with Gasteiger partial charge in [0.05, 0.1) is 5.41 Å².